The van der Waals surface area contributed by atoms with Gasteiger partial charge in [-0.15, -0.1) is 0 Å². The van der Waals surface area contributed by atoms with Crippen molar-refractivity contribution < 1.29 is 4.79 Å². The van der Waals surface area contributed by atoms with E-state index in [0.29, 0.717) is 6.42 Å². The lowest BCUT2D eigenvalue weighted by atomic mass is 10.2. The van der Waals surface area contributed by atoms with Gasteiger partial charge in [-0.05, 0) is 11.6 Å². The number of nitrogens with zero attached hydrogens (tertiary/aromatic N) is 2. The fourth-order valence-electron chi connectivity index (χ4n) is 2.04. The van der Waals surface area contributed by atoms with Crippen LogP contribution < -0.4 is 10.6 Å². The van der Waals surface area contributed by atoms with E-state index in [-0.39, 0.29) is 5.91 Å². The van der Waals surface area contributed by atoms with Crippen molar-refractivity contribution in [3.63, 3.8) is 0 Å². The van der Waals surface area contributed by atoms with Gasteiger partial charge in [0.05, 0.1) is 6.42 Å². The third-order valence-electron chi connectivity index (χ3n) is 3.05. The number of carbonyl (C=O) groups is 1. The molecule has 1 aromatic heterocycles. The third-order valence-corrected chi connectivity index (χ3v) is 3.05. The predicted octanol–water partition coefficient (Wildman–Crippen LogP) is -0.354. The number of hydrogen-bond acceptors (Lipinski definition) is 4. The Hall–Kier alpha value is -1.46. The molecule has 0 unspecified atom stereocenters. The standard InChI is InChI=1S/C13H20N4O/c18-13(10-12-2-1-3-15-11-12)16-6-9-17-7-4-14-5-8-17/h1-3,11,14H,4-10H2,(H,16,18). The summed E-state index contributed by atoms with van der Waals surface area (Å²) in [5.41, 5.74) is 0.956. The predicted molar refractivity (Wildman–Crippen MR) is 70.3 cm³/mol. The second-order valence-corrected chi connectivity index (χ2v) is 4.48. The summed E-state index contributed by atoms with van der Waals surface area (Å²) in [7, 11) is 0. The van der Waals surface area contributed by atoms with Crippen LogP contribution in [-0.4, -0.2) is 55.1 Å². The van der Waals surface area contributed by atoms with E-state index in [9.17, 15) is 4.79 Å². The summed E-state index contributed by atoms with van der Waals surface area (Å²) in [4.78, 5) is 18.0. The van der Waals surface area contributed by atoms with Gasteiger partial charge in [-0.3, -0.25) is 14.7 Å². The average molecular weight is 248 g/mol. The molecule has 98 valence electrons. The van der Waals surface area contributed by atoms with E-state index in [0.717, 1.165) is 44.8 Å². The maximum Gasteiger partial charge on any atom is 0.224 e. The monoisotopic (exact) mass is 248 g/mol. The Balaban J connectivity index is 1.62. The van der Waals surface area contributed by atoms with Crippen molar-refractivity contribution in [2.45, 2.75) is 6.42 Å². The fraction of sp³-hybridized carbons (Fsp3) is 0.538. The summed E-state index contributed by atoms with van der Waals surface area (Å²) < 4.78 is 0. The molecular weight excluding hydrogens is 228 g/mol. The van der Waals surface area contributed by atoms with Gasteiger partial charge in [-0.1, -0.05) is 6.07 Å². The molecule has 0 bridgehead atoms. The molecule has 0 atom stereocenters. The molecule has 0 radical (unpaired) electrons. The van der Waals surface area contributed by atoms with Crippen molar-refractivity contribution >= 4 is 5.91 Å². The van der Waals surface area contributed by atoms with E-state index in [1.807, 2.05) is 12.1 Å². The molecule has 2 N–H and O–H groups in total. The van der Waals surface area contributed by atoms with Crippen molar-refractivity contribution in [1.29, 1.82) is 0 Å². The first-order valence-corrected chi connectivity index (χ1v) is 6.43. The minimum atomic E-state index is 0.0677. The Morgan fingerprint density at radius 2 is 2.28 bits per heavy atom. The molecule has 1 saturated heterocycles. The van der Waals surface area contributed by atoms with E-state index in [1.165, 1.54) is 0 Å². The summed E-state index contributed by atoms with van der Waals surface area (Å²) in [6.45, 7) is 5.88. The highest BCUT2D eigenvalue weighted by atomic mass is 16.1. The number of amides is 1. The summed E-state index contributed by atoms with van der Waals surface area (Å²) in [5.74, 6) is 0.0677. The zero-order valence-electron chi connectivity index (χ0n) is 10.6. The van der Waals surface area contributed by atoms with Gasteiger partial charge in [-0.25, -0.2) is 0 Å². The Morgan fingerprint density at radius 1 is 1.44 bits per heavy atom. The number of pyridine rings is 1. The number of piperazine rings is 1. The molecular formula is C13H20N4O. The van der Waals surface area contributed by atoms with E-state index < -0.39 is 0 Å². The molecule has 1 aromatic rings. The maximum atomic E-state index is 11.7. The lowest BCUT2D eigenvalue weighted by Crippen LogP contribution is -2.46. The van der Waals surface area contributed by atoms with Crippen molar-refractivity contribution in [3.05, 3.63) is 30.1 Å². The topological polar surface area (TPSA) is 57.3 Å². The van der Waals surface area contributed by atoms with Crippen LogP contribution in [0.15, 0.2) is 24.5 Å². The first-order chi connectivity index (χ1) is 8.84. The molecule has 0 spiro atoms. The van der Waals surface area contributed by atoms with Gasteiger partial charge in [0.15, 0.2) is 0 Å². The third kappa shape index (κ3) is 4.43. The minimum absolute atomic E-state index is 0.0677. The van der Waals surface area contributed by atoms with Crippen molar-refractivity contribution in [2.75, 3.05) is 39.3 Å². The molecule has 0 aromatic carbocycles. The van der Waals surface area contributed by atoms with E-state index in [2.05, 4.69) is 20.5 Å². The minimum Gasteiger partial charge on any atom is -0.355 e. The van der Waals surface area contributed by atoms with Crippen LogP contribution in [0, 0.1) is 0 Å². The van der Waals surface area contributed by atoms with E-state index >= 15 is 0 Å². The fourth-order valence-corrected chi connectivity index (χ4v) is 2.04. The first kappa shape index (κ1) is 13.0. The quantitative estimate of drug-likeness (QED) is 0.747. The smallest absolute Gasteiger partial charge is 0.224 e. The van der Waals surface area contributed by atoms with Gasteiger partial charge in [0.2, 0.25) is 5.91 Å². The van der Waals surface area contributed by atoms with E-state index in [4.69, 9.17) is 0 Å². The highest BCUT2D eigenvalue weighted by Gasteiger charge is 2.09. The van der Waals surface area contributed by atoms with Crippen molar-refractivity contribution in [1.82, 2.24) is 20.5 Å². The molecule has 0 aliphatic carbocycles. The normalized spacial score (nSPS) is 16.4. The Labute approximate surface area is 108 Å². The van der Waals surface area contributed by atoms with Crippen LogP contribution in [0.3, 0.4) is 0 Å². The van der Waals surface area contributed by atoms with Gasteiger partial charge in [0, 0.05) is 51.7 Å². The number of nitrogens with one attached hydrogen (secondary N) is 2. The van der Waals surface area contributed by atoms with E-state index in [1.54, 1.807) is 12.4 Å². The molecule has 1 fully saturated rings. The summed E-state index contributed by atoms with van der Waals surface area (Å²) in [6.07, 6.45) is 3.86. The largest absolute Gasteiger partial charge is 0.355 e. The van der Waals surface area contributed by atoms with Crippen LogP contribution >= 0.6 is 0 Å². The molecule has 1 aliphatic heterocycles. The van der Waals surface area contributed by atoms with Crippen molar-refractivity contribution in [3.8, 4) is 0 Å². The van der Waals surface area contributed by atoms with Gasteiger partial charge >= 0.3 is 0 Å². The molecule has 2 heterocycles. The van der Waals surface area contributed by atoms with Crippen LogP contribution in [0.4, 0.5) is 0 Å². The zero-order chi connectivity index (χ0) is 12.6. The summed E-state index contributed by atoms with van der Waals surface area (Å²) in [6, 6.07) is 3.77. The molecule has 5 nitrogen and oxygen atoms in total. The Kier molecular flexibility index (Phi) is 5.11. The molecule has 5 heteroatoms. The van der Waals surface area contributed by atoms with Gasteiger partial charge in [0.1, 0.15) is 0 Å². The highest BCUT2D eigenvalue weighted by molar-refractivity contribution is 5.78. The second kappa shape index (κ2) is 7.08. The van der Waals surface area contributed by atoms with Crippen LogP contribution in [0.1, 0.15) is 5.56 Å². The Morgan fingerprint density at radius 3 is 3.00 bits per heavy atom. The lowest BCUT2D eigenvalue weighted by molar-refractivity contribution is -0.120. The Bertz CT molecular complexity index is 363. The summed E-state index contributed by atoms with van der Waals surface area (Å²) >= 11 is 0. The first-order valence-electron chi connectivity index (χ1n) is 6.43. The average Bonchev–Trinajstić information content (AvgIpc) is 2.41. The number of carbonyl (C=O) groups excluding carboxylic acids is 1. The number of rotatable bonds is 5. The summed E-state index contributed by atoms with van der Waals surface area (Å²) in [5, 5.41) is 6.26. The maximum absolute atomic E-state index is 11.7. The molecule has 2 rings (SSSR count). The SMILES string of the molecule is O=C(Cc1cccnc1)NCCN1CCNCC1. The van der Waals surface area contributed by atoms with Gasteiger partial charge < -0.3 is 10.6 Å². The molecule has 1 amide bonds. The van der Waals surface area contributed by atoms with Crippen LogP contribution in [0.2, 0.25) is 0 Å². The number of hydrogen-bond donors (Lipinski definition) is 2. The van der Waals surface area contributed by atoms with Crippen LogP contribution in [-0.2, 0) is 11.2 Å². The zero-order valence-corrected chi connectivity index (χ0v) is 10.6. The lowest BCUT2D eigenvalue weighted by Gasteiger charge is -2.27. The van der Waals surface area contributed by atoms with Crippen molar-refractivity contribution in [2.24, 2.45) is 0 Å². The van der Waals surface area contributed by atoms with Gasteiger partial charge in [0.25, 0.3) is 0 Å². The van der Waals surface area contributed by atoms with Crippen LogP contribution in [0.25, 0.3) is 0 Å². The van der Waals surface area contributed by atoms with Crippen LogP contribution in [0.5, 0.6) is 0 Å². The molecule has 18 heavy (non-hydrogen) atoms. The molecule has 1 aliphatic rings. The highest BCUT2D eigenvalue weighted by Crippen LogP contribution is 1.96. The molecule has 0 saturated carbocycles. The number of aromatic nitrogens is 1. The second-order valence-electron chi connectivity index (χ2n) is 4.48. The van der Waals surface area contributed by atoms with Gasteiger partial charge in [-0.2, -0.15) is 0 Å².